The number of sulfonamides is 1. The largest absolute Gasteiger partial charge is 0.497 e. The van der Waals surface area contributed by atoms with Crippen LogP contribution >= 0.6 is 0 Å². The lowest BCUT2D eigenvalue weighted by Crippen LogP contribution is -2.24. The quantitative estimate of drug-likeness (QED) is 0.710. The molecule has 3 rings (SSSR count). The van der Waals surface area contributed by atoms with Crippen LogP contribution in [0.1, 0.15) is 11.5 Å². The normalized spacial score (nSPS) is 11.5. The summed E-state index contributed by atoms with van der Waals surface area (Å²) in [5, 5.41) is 7.50. The highest BCUT2D eigenvalue weighted by Crippen LogP contribution is 2.22. The maximum Gasteiger partial charge on any atom is 0.250 e. The summed E-state index contributed by atoms with van der Waals surface area (Å²) in [7, 11) is -2.28. The van der Waals surface area contributed by atoms with Gasteiger partial charge in [-0.2, -0.15) is 0 Å². The van der Waals surface area contributed by atoms with Gasteiger partial charge in [-0.3, -0.25) is 0 Å². The first-order valence-electron chi connectivity index (χ1n) is 7.62. The third-order valence-corrected chi connectivity index (χ3v) is 5.22. The fraction of sp³-hybridized carbons (Fsp3) is 0.176. The fourth-order valence-corrected chi connectivity index (χ4v) is 3.55. The van der Waals surface area contributed by atoms with Gasteiger partial charge in [0, 0.05) is 0 Å². The van der Waals surface area contributed by atoms with Gasteiger partial charge in [0.1, 0.15) is 11.6 Å². The Morgan fingerprint density at radius 1 is 1.19 bits per heavy atom. The van der Waals surface area contributed by atoms with Gasteiger partial charge in [0.25, 0.3) is 5.89 Å². The van der Waals surface area contributed by atoms with Crippen molar-refractivity contribution in [2.24, 2.45) is 0 Å². The third kappa shape index (κ3) is 3.73. The van der Waals surface area contributed by atoms with Gasteiger partial charge in [0.15, 0.2) is 0 Å². The number of hydrogen-bond donors (Lipinski definition) is 1. The van der Waals surface area contributed by atoms with Crippen molar-refractivity contribution in [1.29, 1.82) is 0 Å². The Labute approximate surface area is 149 Å². The van der Waals surface area contributed by atoms with Gasteiger partial charge in [-0.1, -0.05) is 12.1 Å². The number of aromatic nitrogens is 2. The summed E-state index contributed by atoms with van der Waals surface area (Å²) in [6, 6.07) is 10.6. The minimum atomic E-state index is -3.79. The smallest absolute Gasteiger partial charge is 0.250 e. The van der Waals surface area contributed by atoms with E-state index in [0.717, 1.165) is 0 Å². The van der Waals surface area contributed by atoms with Crippen LogP contribution in [0.15, 0.2) is 51.8 Å². The number of halogens is 1. The molecule has 136 valence electrons. The molecule has 26 heavy (non-hydrogen) atoms. The second kappa shape index (κ2) is 7.22. The molecule has 7 nitrogen and oxygen atoms in total. The molecule has 9 heteroatoms. The van der Waals surface area contributed by atoms with Crippen LogP contribution in [0.5, 0.6) is 5.75 Å². The number of aryl methyl sites for hydroxylation is 1. The second-order valence-electron chi connectivity index (χ2n) is 5.44. The average Bonchev–Trinajstić information content (AvgIpc) is 3.09. The molecule has 2 aromatic carbocycles. The minimum absolute atomic E-state index is 0.0158. The van der Waals surface area contributed by atoms with Gasteiger partial charge in [0.05, 0.1) is 24.1 Å². The molecule has 3 aromatic rings. The van der Waals surface area contributed by atoms with Crippen LogP contribution < -0.4 is 9.46 Å². The zero-order valence-corrected chi connectivity index (χ0v) is 14.9. The third-order valence-electron chi connectivity index (χ3n) is 3.66. The summed E-state index contributed by atoms with van der Waals surface area (Å²) in [6.45, 7) is 1.45. The molecule has 1 heterocycles. The van der Waals surface area contributed by atoms with Gasteiger partial charge >= 0.3 is 0 Å². The van der Waals surface area contributed by atoms with Crippen molar-refractivity contribution < 1.29 is 22.0 Å². The van der Waals surface area contributed by atoms with Crippen LogP contribution in [0.3, 0.4) is 0 Å². The Bertz CT molecular complexity index is 1030. The average molecular weight is 377 g/mol. The molecular formula is C17H16FN3O4S. The van der Waals surface area contributed by atoms with Crippen molar-refractivity contribution in [3.05, 3.63) is 59.7 Å². The van der Waals surface area contributed by atoms with Crippen molar-refractivity contribution >= 4 is 10.0 Å². The van der Waals surface area contributed by atoms with E-state index in [-0.39, 0.29) is 28.8 Å². The molecular weight excluding hydrogens is 361 g/mol. The number of nitrogens with zero attached hydrogens (tertiary/aromatic N) is 2. The Kier molecular flexibility index (Phi) is 5.01. The molecule has 0 aliphatic carbocycles. The summed E-state index contributed by atoms with van der Waals surface area (Å²) in [6.07, 6.45) is 0. The van der Waals surface area contributed by atoms with Crippen LogP contribution in [0.2, 0.25) is 0 Å². The summed E-state index contributed by atoms with van der Waals surface area (Å²) in [5.41, 5.74) is 0.689. The van der Waals surface area contributed by atoms with Crippen molar-refractivity contribution in [2.45, 2.75) is 18.4 Å². The van der Waals surface area contributed by atoms with Gasteiger partial charge in [-0.25, -0.2) is 17.5 Å². The standard InChI is InChI=1S/C17H16FN3O4S/c1-11-9-12(24-2)7-8-15(11)26(22,23)19-10-16-20-21-17(25-16)13-5-3-4-6-14(13)18/h3-9,19H,10H2,1-2H3. The number of hydrogen-bond acceptors (Lipinski definition) is 6. The minimum Gasteiger partial charge on any atom is -0.497 e. The molecule has 0 spiro atoms. The van der Waals surface area contributed by atoms with Gasteiger partial charge in [-0.05, 0) is 42.8 Å². The lowest BCUT2D eigenvalue weighted by Gasteiger charge is -2.09. The highest BCUT2D eigenvalue weighted by atomic mass is 32.2. The van der Waals surface area contributed by atoms with Crippen molar-refractivity contribution in [1.82, 2.24) is 14.9 Å². The first kappa shape index (κ1) is 18.0. The van der Waals surface area contributed by atoms with Gasteiger partial charge < -0.3 is 9.15 Å². The van der Waals surface area contributed by atoms with E-state index in [1.54, 1.807) is 31.2 Å². The maximum atomic E-state index is 13.7. The van der Waals surface area contributed by atoms with Gasteiger partial charge in [-0.15, -0.1) is 10.2 Å². The summed E-state index contributed by atoms with van der Waals surface area (Å²) >= 11 is 0. The van der Waals surface area contributed by atoms with Crippen molar-refractivity contribution in [2.75, 3.05) is 7.11 Å². The number of benzene rings is 2. The van der Waals surface area contributed by atoms with Crippen LogP contribution in [0.4, 0.5) is 4.39 Å². The Balaban J connectivity index is 1.76. The van der Waals surface area contributed by atoms with Crippen LogP contribution in [-0.2, 0) is 16.6 Å². The summed E-state index contributed by atoms with van der Waals surface area (Å²) in [4.78, 5) is 0.118. The predicted octanol–water partition coefficient (Wildman–Crippen LogP) is 2.67. The summed E-state index contributed by atoms with van der Waals surface area (Å²) in [5.74, 6) is 0.0703. The van der Waals surface area contributed by atoms with Crippen molar-refractivity contribution in [3.8, 4) is 17.2 Å². The van der Waals surface area contributed by atoms with E-state index in [2.05, 4.69) is 14.9 Å². The molecule has 0 fully saturated rings. The van der Waals surface area contributed by atoms with Gasteiger partial charge in [0.2, 0.25) is 15.9 Å². The first-order valence-corrected chi connectivity index (χ1v) is 9.10. The molecule has 0 unspecified atom stereocenters. The molecule has 0 bridgehead atoms. The zero-order valence-electron chi connectivity index (χ0n) is 14.1. The second-order valence-corrected chi connectivity index (χ2v) is 7.17. The van der Waals surface area contributed by atoms with E-state index in [9.17, 15) is 12.8 Å². The van der Waals surface area contributed by atoms with E-state index in [0.29, 0.717) is 11.3 Å². The highest BCUT2D eigenvalue weighted by Gasteiger charge is 2.19. The maximum absolute atomic E-state index is 13.7. The lowest BCUT2D eigenvalue weighted by atomic mass is 10.2. The SMILES string of the molecule is COc1ccc(S(=O)(=O)NCc2nnc(-c3ccccc3F)o2)c(C)c1. The molecule has 0 aliphatic rings. The predicted molar refractivity (Wildman–Crippen MR) is 91.4 cm³/mol. The molecule has 0 aliphatic heterocycles. The first-order chi connectivity index (χ1) is 12.4. The van der Waals surface area contributed by atoms with E-state index in [4.69, 9.17) is 9.15 Å². The number of methoxy groups -OCH3 is 1. The van der Waals surface area contributed by atoms with Crippen LogP contribution in [0.25, 0.3) is 11.5 Å². The molecule has 0 saturated heterocycles. The summed E-state index contributed by atoms with van der Waals surface area (Å²) < 4.78 is 51.4. The topological polar surface area (TPSA) is 94.3 Å². The Hall–Kier alpha value is -2.78. The number of nitrogens with one attached hydrogen (secondary N) is 1. The van der Waals surface area contributed by atoms with Crippen molar-refractivity contribution in [3.63, 3.8) is 0 Å². The van der Waals surface area contributed by atoms with Crippen LogP contribution in [0, 0.1) is 12.7 Å². The molecule has 0 atom stereocenters. The Morgan fingerprint density at radius 3 is 2.65 bits per heavy atom. The van der Waals surface area contributed by atoms with E-state index in [1.807, 2.05) is 0 Å². The zero-order chi connectivity index (χ0) is 18.7. The van der Waals surface area contributed by atoms with E-state index >= 15 is 0 Å². The van der Waals surface area contributed by atoms with Crippen LogP contribution in [-0.4, -0.2) is 25.7 Å². The number of ether oxygens (including phenoxy) is 1. The molecule has 0 amide bonds. The molecule has 0 radical (unpaired) electrons. The fourth-order valence-electron chi connectivity index (χ4n) is 2.35. The van der Waals surface area contributed by atoms with E-state index < -0.39 is 15.8 Å². The highest BCUT2D eigenvalue weighted by molar-refractivity contribution is 7.89. The lowest BCUT2D eigenvalue weighted by molar-refractivity contribution is 0.414. The molecule has 0 saturated carbocycles. The Morgan fingerprint density at radius 2 is 1.96 bits per heavy atom. The van der Waals surface area contributed by atoms with E-state index in [1.165, 1.54) is 25.3 Å². The molecule has 1 aromatic heterocycles. The number of rotatable bonds is 6. The monoisotopic (exact) mass is 377 g/mol. The molecule has 1 N–H and O–H groups in total.